The van der Waals surface area contributed by atoms with Gasteiger partial charge in [0.2, 0.25) is 5.91 Å². The van der Waals surface area contributed by atoms with E-state index in [1.54, 1.807) is 6.92 Å². The minimum absolute atomic E-state index is 0.371. The van der Waals surface area contributed by atoms with Gasteiger partial charge in [-0.15, -0.1) is 0 Å². The standard InChI is InChI=1S/C20H25N3O3/c1-3-21-20(25)22-19(24)18(16-10-6-4-7-11-16)23(2)14-15-26-17-12-8-5-9-13-17/h4-13,18H,3,14-15H2,1-2H3,(H2,21,22,24,25). The van der Waals surface area contributed by atoms with Gasteiger partial charge in [-0.25, -0.2) is 4.79 Å². The van der Waals surface area contributed by atoms with E-state index in [4.69, 9.17) is 4.74 Å². The second-order valence-electron chi connectivity index (χ2n) is 5.80. The number of likely N-dealkylation sites (N-methyl/N-ethyl adjacent to an activating group) is 1. The normalized spacial score (nSPS) is 11.7. The lowest BCUT2D eigenvalue weighted by molar-refractivity contribution is -0.125. The number of benzene rings is 2. The number of carbonyl (C=O) groups excluding carboxylic acids is 2. The Morgan fingerprint density at radius 1 is 1.04 bits per heavy atom. The van der Waals surface area contributed by atoms with Gasteiger partial charge in [-0.3, -0.25) is 15.0 Å². The molecule has 2 N–H and O–H groups in total. The van der Waals surface area contributed by atoms with Gasteiger partial charge >= 0.3 is 6.03 Å². The van der Waals surface area contributed by atoms with Crippen molar-refractivity contribution in [1.82, 2.24) is 15.5 Å². The summed E-state index contributed by atoms with van der Waals surface area (Å²) in [6.07, 6.45) is 0. The van der Waals surface area contributed by atoms with Crippen molar-refractivity contribution in [1.29, 1.82) is 0 Å². The monoisotopic (exact) mass is 355 g/mol. The average Bonchev–Trinajstić information content (AvgIpc) is 2.64. The third kappa shape index (κ3) is 5.89. The molecule has 138 valence electrons. The number of urea groups is 1. The van der Waals surface area contributed by atoms with E-state index >= 15 is 0 Å². The summed E-state index contributed by atoms with van der Waals surface area (Å²) >= 11 is 0. The molecule has 3 amide bonds. The molecule has 2 rings (SSSR count). The number of imide groups is 1. The fraction of sp³-hybridized carbons (Fsp3) is 0.300. The lowest BCUT2D eigenvalue weighted by Crippen LogP contribution is -2.46. The Morgan fingerprint density at radius 2 is 1.65 bits per heavy atom. The van der Waals surface area contributed by atoms with Crippen molar-refractivity contribution in [3.8, 4) is 5.75 Å². The van der Waals surface area contributed by atoms with Crippen LogP contribution in [-0.4, -0.2) is 43.6 Å². The van der Waals surface area contributed by atoms with Crippen LogP contribution in [0.2, 0.25) is 0 Å². The van der Waals surface area contributed by atoms with Crippen molar-refractivity contribution in [3.63, 3.8) is 0 Å². The number of hydrogen-bond acceptors (Lipinski definition) is 4. The molecule has 1 unspecified atom stereocenters. The average molecular weight is 355 g/mol. The van der Waals surface area contributed by atoms with E-state index in [1.807, 2.05) is 72.6 Å². The Labute approximate surface area is 154 Å². The lowest BCUT2D eigenvalue weighted by Gasteiger charge is -2.27. The summed E-state index contributed by atoms with van der Waals surface area (Å²) in [7, 11) is 1.84. The van der Waals surface area contributed by atoms with Gasteiger partial charge < -0.3 is 10.1 Å². The maximum atomic E-state index is 12.6. The van der Waals surface area contributed by atoms with Crippen molar-refractivity contribution in [2.45, 2.75) is 13.0 Å². The predicted octanol–water partition coefficient (Wildman–Crippen LogP) is 2.58. The first-order chi connectivity index (χ1) is 12.6. The molecule has 0 spiro atoms. The highest BCUT2D eigenvalue weighted by molar-refractivity contribution is 5.97. The molecule has 1 atom stereocenters. The number of carbonyl (C=O) groups is 2. The fourth-order valence-electron chi connectivity index (χ4n) is 2.58. The molecule has 0 fully saturated rings. The molecule has 0 aliphatic carbocycles. The predicted molar refractivity (Wildman–Crippen MR) is 101 cm³/mol. The van der Waals surface area contributed by atoms with E-state index in [0.717, 1.165) is 11.3 Å². The molecule has 0 saturated carbocycles. The highest BCUT2D eigenvalue weighted by Gasteiger charge is 2.26. The minimum Gasteiger partial charge on any atom is -0.492 e. The molecule has 6 heteroatoms. The molecule has 6 nitrogen and oxygen atoms in total. The van der Waals surface area contributed by atoms with Crippen molar-refractivity contribution in [2.24, 2.45) is 0 Å². The van der Waals surface area contributed by atoms with Crippen LogP contribution < -0.4 is 15.4 Å². The molecular weight excluding hydrogens is 330 g/mol. The van der Waals surface area contributed by atoms with Crippen molar-refractivity contribution in [3.05, 3.63) is 66.2 Å². The third-order valence-electron chi connectivity index (χ3n) is 3.83. The Hall–Kier alpha value is -2.86. The molecule has 0 bridgehead atoms. The molecule has 0 heterocycles. The Kier molecular flexibility index (Phi) is 7.64. The van der Waals surface area contributed by atoms with Crippen LogP contribution in [0.5, 0.6) is 5.75 Å². The maximum absolute atomic E-state index is 12.6. The SMILES string of the molecule is CCNC(=O)NC(=O)C(c1ccccc1)N(C)CCOc1ccccc1. The Morgan fingerprint density at radius 3 is 2.27 bits per heavy atom. The number of nitrogens with zero attached hydrogens (tertiary/aromatic N) is 1. The number of ether oxygens (including phenoxy) is 1. The first-order valence-corrected chi connectivity index (χ1v) is 8.63. The molecule has 0 saturated heterocycles. The van der Waals surface area contributed by atoms with Gasteiger partial charge in [0.05, 0.1) is 0 Å². The van der Waals surface area contributed by atoms with Crippen LogP contribution in [-0.2, 0) is 4.79 Å². The second-order valence-corrected chi connectivity index (χ2v) is 5.80. The van der Waals surface area contributed by atoms with Gasteiger partial charge in [0.15, 0.2) is 0 Å². The van der Waals surface area contributed by atoms with Gasteiger partial charge in [-0.05, 0) is 31.7 Å². The van der Waals surface area contributed by atoms with Crippen LogP contribution in [0.4, 0.5) is 4.79 Å². The maximum Gasteiger partial charge on any atom is 0.321 e. The molecule has 2 aromatic carbocycles. The van der Waals surface area contributed by atoms with Crippen molar-refractivity contribution >= 4 is 11.9 Å². The summed E-state index contributed by atoms with van der Waals surface area (Å²) in [6, 6.07) is 17.8. The van der Waals surface area contributed by atoms with E-state index < -0.39 is 12.1 Å². The van der Waals surface area contributed by atoms with Crippen LogP contribution in [0.1, 0.15) is 18.5 Å². The van der Waals surface area contributed by atoms with Gasteiger partial charge in [0, 0.05) is 13.1 Å². The van der Waals surface area contributed by atoms with E-state index in [9.17, 15) is 9.59 Å². The van der Waals surface area contributed by atoms with Crippen LogP contribution in [0.25, 0.3) is 0 Å². The third-order valence-corrected chi connectivity index (χ3v) is 3.83. The summed E-state index contributed by atoms with van der Waals surface area (Å²) in [4.78, 5) is 26.2. The van der Waals surface area contributed by atoms with Gasteiger partial charge in [-0.1, -0.05) is 48.5 Å². The van der Waals surface area contributed by atoms with E-state index in [1.165, 1.54) is 0 Å². The summed E-state index contributed by atoms with van der Waals surface area (Å²) in [6.45, 7) is 3.21. The van der Waals surface area contributed by atoms with Gasteiger partial charge in [0.25, 0.3) is 0 Å². The summed E-state index contributed by atoms with van der Waals surface area (Å²) < 4.78 is 5.71. The number of nitrogens with one attached hydrogen (secondary N) is 2. The van der Waals surface area contributed by atoms with E-state index in [2.05, 4.69) is 10.6 Å². The lowest BCUT2D eigenvalue weighted by atomic mass is 10.0. The summed E-state index contributed by atoms with van der Waals surface area (Å²) in [5.41, 5.74) is 0.816. The largest absolute Gasteiger partial charge is 0.492 e. The summed E-state index contributed by atoms with van der Waals surface area (Å²) in [5, 5.41) is 4.97. The molecule has 26 heavy (non-hydrogen) atoms. The highest BCUT2D eigenvalue weighted by atomic mass is 16.5. The first-order valence-electron chi connectivity index (χ1n) is 8.63. The fourth-order valence-corrected chi connectivity index (χ4v) is 2.58. The molecule has 0 aliphatic heterocycles. The molecule has 0 aliphatic rings. The zero-order chi connectivity index (χ0) is 18.8. The van der Waals surface area contributed by atoms with Gasteiger partial charge in [0.1, 0.15) is 18.4 Å². The topological polar surface area (TPSA) is 70.7 Å². The minimum atomic E-state index is -0.585. The van der Waals surface area contributed by atoms with Crippen LogP contribution in [0.3, 0.4) is 0 Å². The molecule has 2 aromatic rings. The Bertz CT molecular complexity index is 692. The second kappa shape index (κ2) is 10.2. The highest BCUT2D eigenvalue weighted by Crippen LogP contribution is 2.19. The van der Waals surface area contributed by atoms with E-state index in [-0.39, 0.29) is 5.91 Å². The first kappa shape index (κ1) is 19.5. The number of para-hydroxylation sites is 1. The zero-order valence-electron chi connectivity index (χ0n) is 15.1. The van der Waals surface area contributed by atoms with Crippen LogP contribution in [0, 0.1) is 0 Å². The van der Waals surface area contributed by atoms with Crippen LogP contribution >= 0.6 is 0 Å². The molecular formula is C20H25N3O3. The molecule has 0 aromatic heterocycles. The van der Waals surface area contributed by atoms with Crippen LogP contribution in [0.15, 0.2) is 60.7 Å². The number of rotatable bonds is 8. The van der Waals surface area contributed by atoms with Crippen molar-refractivity contribution in [2.75, 3.05) is 26.7 Å². The molecule has 0 radical (unpaired) electrons. The van der Waals surface area contributed by atoms with E-state index in [0.29, 0.717) is 19.7 Å². The number of hydrogen-bond donors (Lipinski definition) is 2. The quantitative estimate of drug-likeness (QED) is 0.764. The number of amides is 3. The zero-order valence-corrected chi connectivity index (χ0v) is 15.1. The van der Waals surface area contributed by atoms with Crippen molar-refractivity contribution < 1.29 is 14.3 Å². The van der Waals surface area contributed by atoms with Gasteiger partial charge in [-0.2, -0.15) is 0 Å². The Balaban J connectivity index is 2.02. The summed E-state index contributed by atoms with van der Waals surface area (Å²) in [5.74, 6) is 0.410. The smallest absolute Gasteiger partial charge is 0.321 e.